The van der Waals surface area contributed by atoms with Crippen LogP contribution in [0.15, 0.2) is 48.5 Å². The first-order valence-corrected chi connectivity index (χ1v) is 7.94. The maximum absolute atomic E-state index is 11.0. The molecular weight excluding hydrogens is 302 g/mol. The maximum atomic E-state index is 11.0. The summed E-state index contributed by atoms with van der Waals surface area (Å²) in [4.78, 5) is 10.7. The number of rotatable bonds is 6. The number of nitro groups is 1. The molecule has 6 heteroatoms. The number of thioether (sulfide) groups is 1. The molecule has 0 saturated carbocycles. The molecule has 0 bridgehead atoms. The number of hydrogen-bond donors (Lipinski definition) is 0. The standard InChI is InChI=1S/C16H15NO4S/c18-17(19)9-16(22-10-12-4-2-1-3-5-12)13-6-7-14-15(8-13)21-11-20-14/h1-8,16H,9-11H2/t16-/m1/s1. The summed E-state index contributed by atoms with van der Waals surface area (Å²) in [7, 11) is 0. The van der Waals surface area contributed by atoms with Gasteiger partial charge in [0.25, 0.3) is 0 Å². The average molecular weight is 317 g/mol. The lowest BCUT2D eigenvalue weighted by atomic mass is 10.1. The van der Waals surface area contributed by atoms with Crippen molar-refractivity contribution >= 4 is 11.8 Å². The zero-order valence-electron chi connectivity index (χ0n) is 11.8. The highest BCUT2D eigenvalue weighted by Crippen LogP contribution is 2.38. The van der Waals surface area contributed by atoms with Gasteiger partial charge in [-0.1, -0.05) is 36.4 Å². The molecule has 1 aliphatic rings. The highest BCUT2D eigenvalue weighted by atomic mass is 32.2. The van der Waals surface area contributed by atoms with Crippen molar-refractivity contribution in [1.29, 1.82) is 0 Å². The number of hydrogen-bond acceptors (Lipinski definition) is 5. The van der Waals surface area contributed by atoms with Crippen molar-refractivity contribution in [2.45, 2.75) is 11.0 Å². The van der Waals surface area contributed by atoms with Crippen LogP contribution in [0.5, 0.6) is 11.5 Å². The summed E-state index contributed by atoms with van der Waals surface area (Å²) in [5.41, 5.74) is 2.04. The van der Waals surface area contributed by atoms with E-state index in [1.54, 1.807) is 11.8 Å². The van der Waals surface area contributed by atoms with Gasteiger partial charge in [-0.25, -0.2) is 0 Å². The predicted molar refractivity (Wildman–Crippen MR) is 84.9 cm³/mol. The zero-order chi connectivity index (χ0) is 15.4. The number of fused-ring (bicyclic) bond motifs is 1. The highest BCUT2D eigenvalue weighted by Gasteiger charge is 2.22. The molecule has 2 aromatic rings. The summed E-state index contributed by atoms with van der Waals surface area (Å²) in [6.07, 6.45) is 0. The molecule has 1 aliphatic heterocycles. The van der Waals surface area contributed by atoms with Crippen LogP contribution in [-0.2, 0) is 5.75 Å². The Morgan fingerprint density at radius 1 is 1.14 bits per heavy atom. The van der Waals surface area contributed by atoms with Crippen molar-refractivity contribution in [2.24, 2.45) is 0 Å². The summed E-state index contributed by atoms with van der Waals surface area (Å²) in [5.74, 6) is 2.08. The van der Waals surface area contributed by atoms with Crippen LogP contribution in [0.4, 0.5) is 0 Å². The SMILES string of the molecule is O=[N+]([O-])C[C@@H](SCc1ccccc1)c1ccc2c(c1)OCO2. The lowest BCUT2D eigenvalue weighted by Crippen LogP contribution is -2.10. The lowest BCUT2D eigenvalue weighted by molar-refractivity contribution is -0.479. The van der Waals surface area contributed by atoms with E-state index >= 15 is 0 Å². The van der Waals surface area contributed by atoms with Crippen LogP contribution >= 0.6 is 11.8 Å². The van der Waals surface area contributed by atoms with E-state index in [0.29, 0.717) is 11.5 Å². The van der Waals surface area contributed by atoms with Crippen LogP contribution in [-0.4, -0.2) is 18.3 Å². The number of nitrogens with zero attached hydrogens (tertiary/aromatic N) is 1. The van der Waals surface area contributed by atoms with Gasteiger partial charge in [-0.05, 0) is 23.3 Å². The molecule has 0 N–H and O–H groups in total. The Labute approximate surface area is 132 Å². The van der Waals surface area contributed by atoms with Gasteiger partial charge in [0.05, 0.1) is 5.25 Å². The van der Waals surface area contributed by atoms with Crippen LogP contribution in [0.2, 0.25) is 0 Å². The Balaban J connectivity index is 1.75. The van der Waals surface area contributed by atoms with Gasteiger partial charge in [0.2, 0.25) is 13.3 Å². The fourth-order valence-electron chi connectivity index (χ4n) is 2.27. The Morgan fingerprint density at radius 2 is 1.91 bits per heavy atom. The first-order valence-electron chi connectivity index (χ1n) is 6.89. The van der Waals surface area contributed by atoms with Gasteiger partial charge in [0.1, 0.15) is 0 Å². The monoisotopic (exact) mass is 317 g/mol. The molecule has 5 nitrogen and oxygen atoms in total. The van der Waals surface area contributed by atoms with E-state index in [4.69, 9.17) is 9.47 Å². The summed E-state index contributed by atoms with van der Waals surface area (Å²) >= 11 is 1.56. The minimum absolute atomic E-state index is 0.114. The van der Waals surface area contributed by atoms with Crippen LogP contribution in [0, 0.1) is 10.1 Å². The molecule has 1 heterocycles. The number of benzene rings is 2. The fourth-order valence-corrected chi connectivity index (χ4v) is 3.43. The Morgan fingerprint density at radius 3 is 2.68 bits per heavy atom. The van der Waals surface area contributed by atoms with E-state index in [1.807, 2.05) is 48.5 Å². The van der Waals surface area contributed by atoms with Gasteiger partial charge in [-0.2, -0.15) is 0 Å². The van der Waals surface area contributed by atoms with Crippen molar-refractivity contribution in [3.05, 3.63) is 69.8 Å². The minimum atomic E-state index is -0.271. The van der Waals surface area contributed by atoms with E-state index < -0.39 is 0 Å². The van der Waals surface area contributed by atoms with Gasteiger partial charge in [0, 0.05) is 10.7 Å². The van der Waals surface area contributed by atoms with E-state index in [-0.39, 0.29) is 23.5 Å². The molecule has 114 valence electrons. The third-order valence-corrected chi connectivity index (χ3v) is 4.70. The normalized spacial score (nSPS) is 13.8. The third-order valence-electron chi connectivity index (χ3n) is 3.38. The number of ether oxygens (including phenoxy) is 2. The molecule has 0 spiro atoms. The summed E-state index contributed by atoms with van der Waals surface area (Å²) in [5, 5.41) is 10.7. The molecule has 0 aliphatic carbocycles. The molecule has 0 saturated heterocycles. The quantitative estimate of drug-likeness (QED) is 0.601. The minimum Gasteiger partial charge on any atom is -0.454 e. The van der Waals surface area contributed by atoms with Crippen molar-refractivity contribution in [1.82, 2.24) is 0 Å². The van der Waals surface area contributed by atoms with Crippen molar-refractivity contribution in [3.8, 4) is 11.5 Å². The summed E-state index contributed by atoms with van der Waals surface area (Å²) < 4.78 is 10.6. The van der Waals surface area contributed by atoms with Gasteiger partial charge in [0.15, 0.2) is 11.5 Å². The first kappa shape index (κ1) is 14.7. The van der Waals surface area contributed by atoms with Crippen molar-refractivity contribution < 1.29 is 14.4 Å². The van der Waals surface area contributed by atoms with Gasteiger partial charge >= 0.3 is 0 Å². The zero-order valence-corrected chi connectivity index (χ0v) is 12.6. The van der Waals surface area contributed by atoms with E-state index in [1.165, 1.54) is 0 Å². The Bertz CT molecular complexity index is 662. The summed E-state index contributed by atoms with van der Waals surface area (Å²) in [6, 6.07) is 15.5. The second kappa shape index (κ2) is 6.70. The lowest BCUT2D eigenvalue weighted by Gasteiger charge is -2.13. The largest absolute Gasteiger partial charge is 0.454 e. The fraction of sp³-hybridized carbons (Fsp3) is 0.250. The Kier molecular flexibility index (Phi) is 4.48. The van der Waals surface area contributed by atoms with E-state index in [2.05, 4.69) is 0 Å². The molecule has 0 radical (unpaired) electrons. The molecule has 22 heavy (non-hydrogen) atoms. The molecule has 3 rings (SSSR count). The molecule has 0 unspecified atom stereocenters. The predicted octanol–water partition coefficient (Wildman–Crippen LogP) is 3.67. The van der Waals surface area contributed by atoms with Gasteiger partial charge in [-0.3, -0.25) is 10.1 Å². The second-order valence-corrected chi connectivity index (χ2v) is 6.10. The van der Waals surface area contributed by atoms with Gasteiger partial charge in [-0.15, -0.1) is 11.8 Å². The highest BCUT2D eigenvalue weighted by molar-refractivity contribution is 7.98. The smallest absolute Gasteiger partial charge is 0.231 e. The van der Waals surface area contributed by atoms with Crippen LogP contribution in [0.1, 0.15) is 16.4 Å². The molecular formula is C16H15NO4S. The average Bonchev–Trinajstić information content (AvgIpc) is 2.99. The molecule has 0 fully saturated rings. The topological polar surface area (TPSA) is 61.6 Å². The summed E-state index contributed by atoms with van der Waals surface area (Å²) in [6.45, 7) is 0.0903. The Hall–Kier alpha value is -2.21. The van der Waals surface area contributed by atoms with Crippen LogP contribution < -0.4 is 9.47 Å². The second-order valence-electron chi connectivity index (χ2n) is 4.91. The molecule has 0 aromatic heterocycles. The van der Waals surface area contributed by atoms with Crippen molar-refractivity contribution in [3.63, 3.8) is 0 Å². The molecule has 0 amide bonds. The van der Waals surface area contributed by atoms with Crippen molar-refractivity contribution in [2.75, 3.05) is 13.3 Å². The van der Waals surface area contributed by atoms with E-state index in [0.717, 1.165) is 16.9 Å². The maximum Gasteiger partial charge on any atom is 0.231 e. The third kappa shape index (κ3) is 3.51. The van der Waals surface area contributed by atoms with E-state index in [9.17, 15) is 10.1 Å². The molecule has 2 aromatic carbocycles. The first-order chi connectivity index (χ1) is 10.7. The van der Waals surface area contributed by atoms with Crippen LogP contribution in [0.25, 0.3) is 0 Å². The molecule has 1 atom stereocenters. The van der Waals surface area contributed by atoms with Gasteiger partial charge < -0.3 is 9.47 Å². The van der Waals surface area contributed by atoms with Crippen LogP contribution in [0.3, 0.4) is 0 Å².